The quantitative estimate of drug-likeness (QED) is 0.808. The zero-order valence-electron chi connectivity index (χ0n) is 14.9. The molecule has 1 N–H and O–H groups in total. The van der Waals surface area contributed by atoms with E-state index in [1.54, 1.807) is 18.2 Å². The van der Waals surface area contributed by atoms with Gasteiger partial charge in [0, 0.05) is 37.2 Å². The summed E-state index contributed by atoms with van der Waals surface area (Å²) >= 11 is 5.90. The largest absolute Gasteiger partial charge is 0.352 e. The highest BCUT2D eigenvalue weighted by atomic mass is 35.5. The van der Waals surface area contributed by atoms with E-state index in [-0.39, 0.29) is 16.8 Å². The van der Waals surface area contributed by atoms with E-state index in [1.807, 2.05) is 11.8 Å². The molecule has 0 radical (unpaired) electrons. The van der Waals surface area contributed by atoms with Crippen molar-refractivity contribution in [3.05, 3.63) is 29.3 Å². The Morgan fingerprint density at radius 1 is 1.20 bits per heavy atom. The number of hydrogen-bond acceptors (Lipinski definition) is 4. The number of nitrogens with one attached hydrogen (secondary N) is 1. The number of nitrogens with zero attached hydrogens (tertiary/aromatic N) is 2. The van der Waals surface area contributed by atoms with Crippen LogP contribution in [0, 0.1) is 5.92 Å². The standard InChI is InChI=1S/C17H26ClN3O3S/c1-13(2)14(3)19-17(22)12-20-7-9-21(10-8-20)25(23,24)16-6-4-5-15(18)11-16/h4-6,11,13-14H,7-10,12H2,1-3H3,(H,19,22)/t14-/m1/s1. The first-order valence-electron chi connectivity index (χ1n) is 8.47. The van der Waals surface area contributed by atoms with Gasteiger partial charge in [-0.3, -0.25) is 9.69 Å². The number of hydrogen-bond donors (Lipinski definition) is 1. The molecule has 1 aliphatic rings. The number of halogens is 1. The van der Waals surface area contributed by atoms with E-state index in [2.05, 4.69) is 19.2 Å². The lowest BCUT2D eigenvalue weighted by Crippen LogP contribution is -2.51. The van der Waals surface area contributed by atoms with Crippen LogP contribution in [0.25, 0.3) is 0 Å². The molecule has 0 unspecified atom stereocenters. The summed E-state index contributed by atoms with van der Waals surface area (Å²) in [5, 5.41) is 3.37. The van der Waals surface area contributed by atoms with Crippen LogP contribution in [0.4, 0.5) is 0 Å². The van der Waals surface area contributed by atoms with Crippen LogP contribution in [0.1, 0.15) is 20.8 Å². The van der Waals surface area contributed by atoms with Gasteiger partial charge in [-0.1, -0.05) is 31.5 Å². The second-order valence-electron chi connectivity index (χ2n) is 6.74. The van der Waals surface area contributed by atoms with Crippen LogP contribution >= 0.6 is 11.6 Å². The maximum atomic E-state index is 12.7. The molecule has 140 valence electrons. The monoisotopic (exact) mass is 387 g/mol. The third-order valence-electron chi connectivity index (χ3n) is 4.52. The third kappa shape index (κ3) is 5.41. The Morgan fingerprint density at radius 2 is 1.84 bits per heavy atom. The van der Waals surface area contributed by atoms with Crippen molar-refractivity contribution in [3.63, 3.8) is 0 Å². The molecule has 1 aromatic rings. The fraction of sp³-hybridized carbons (Fsp3) is 0.588. The number of carbonyl (C=O) groups excluding carboxylic acids is 1. The van der Waals surface area contributed by atoms with Gasteiger partial charge in [0.25, 0.3) is 0 Å². The van der Waals surface area contributed by atoms with Crippen LogP contribution in [-0.2, 0) is 14.8 Å². The average Bonchev–Trinajstić information content (AvgIpc) is 2.55. The summed E-state index contributed by atoms with van der Waals surface area (Å²) < 4.78 is 26.8. The normalized spacial score (nSPS) is 18.3. The molecule has 0 bridgehead atoms. The number of sulfonamides is 1. The van der Waals surface area contributed by atoms with Crippen LogP contribution in [0.2, 0.25) is 5.02 Å². The van der Waals surface area contributed by atoms with Gasteiger partial charge >= 0.3 is 0 Å². The van der Waals surface area contributed by atoms with Crippen molar-refractivity contribution in [2.75, 3.05) is 32.7 Å². The highest BCUT2D eigenvalue weighted by molar-refractivity contribution is 7.89. The molecule has 1 fully saturated rings. The summed E-state index contributed by atoms with van der Waals surface area (Å²) in [6.45, 7) is 8.19. The summed E-state index contributed by atoms with van der Waals surface area (Å²) in [7, 11) is -3.55. The molecule has 8 heteroatoms. The predicted octanol–water partition coefficient (Wildman–Crippen LogP) is 1.81. The van der Waals surface area contributed by atoms with Crippen LogP contribution in [0.15, 0.2) is 29.2 Å². The fourth-order valence-corrected chi connectivity index (χ4v) is 4.30. The van der Waals surface area contributed by atoms with Gasteiger partial charge in [0.2, 0.25) is 15.9 Å². The molecule has 25 heavy (non-hydrogen) atoms. The molecule has 1 aromatic carbocycles. The molecular formula is C17H26ClN3O3S. The molecule has 0 aliphatic carbocycles. The Labute approximate surface area is 155 Å². The molecule has 1 saturated heterocycles. The Kier molecular flexibility index (Phi) is 6.85. The molecule has 1 amide bonds. The van der Waals surface area contributed by atoms with E-state index in [4.69, 9.17) is 11.6 Å². The van der Waals surface area contributed by atoms with E-state index < -0.39 is 10.0 Å². The molecular weight excluding hydrogens is 362 g/mol. The lowest BCUT2D eigenvalue weighted by Gasteiger charge is -2.33. The van der Waals surface area contributed by atoms with E-state index in [9.17, 15) is 13.2 Å². The summed E-state index contributed by atoms with van der Waals surface area (Å²) in [6, 6.07) is 6.41. The maximum Gasteiger partial charge on any atom is 0.243 e. The van der Waals surface area contributed by atoms with Gasteiger partial charge in [0.05, 0.1) is 11.4 Å². The highest BCUT2D eigenvalue weighted by Gasteiger charge is 2.29. The molecule has 6 nitrogen and oxygen atoms in total. The van der Waals surface area contributed by atoms with Crippen molar-refractivity contribution >= 4 is 27.5 Å². The number of amides is 1. The minimum Gasteiger partial charge on any atom is -0.352 e. The molecule has 0 aromatic heterocycles. The molecule has 1 heterocycles. The molecule has 2 rings (SSSR count). The summed E-state index contributed by atoms with van der Waals surface area (Å²) in [5.41, 5.74) is 0. The fourth-order valence-electron chi connectivity index (χ4n) is 2.57. The van der Waals surface area contributed by atoms with Crippen LogP contribution < -0.4 is 5.32 Å². The first kappa shape index (κ1) is 20.2. The van der Waals surface area contributed by atoms with Gasteiger partial charge < -0.3 is 5.32 Å². The summed E-state index contributed by atoms with van der Waals surface area (Å²) in [6.07, 6.45) is 0. The van der Waals surface area contributed by atoms with Gasteiger partial charge in [0.15, 0.2) is 0 Å². The Balaban J connectivity index is 1.90. The van der Waals surface area contributed by atoms with E-state index >= 15 is 0 Å². The van der Waals surface area contributed by atoms with Gasteiger partial charge in [0.1, 0.15) is 0 Å². The first-order valence-corrected chi connectivity index (χ1v) is 10.3. The number of rotatable bonds is 6. The number of carbonyl (C=O) groups is 1. The maximum absolute atomic E-state index is 12.7. The van der Waals surface area contributed by atoms with Crippen molar-refractivity contribution in [3.8, 4) is 0 Å². The minimum absolute atomic E-state index is 0.0210. The van der Waals surface area contributed by atoms with Crippen molar-refractivity contribution in [1.29, 1.82) is 0 Å². The van der Waals surface area contributed by atoms with Gasteiger partial charge in [-0.25, -0.2) is 8.42 Å². The zero-order valence-corrected chi connectivity index (χ0v) is 16.5. The van der Waals surface area contributed by atoms with Crippen molar-refractivity contribution in [1.82, 2.24) is 14.5 Å². The van der Waals surface area contributed by atoms with Crippen molar-refractivity contribution in [2.24, 2.45) is 5.92 Å². The molecule has 1 aliphatic heterocycles. The van der Waals surface area contributed by atoms with Gasteiger partial charge in [-0.2, -0.15) is 4.31 Å². The summed E-state index contributed by atoms with van der Waals surface area (Å²) in [5.74, 6) is 0.357. The number of benzene rings is 1. The second-order valence-corrected chi connectivity index (χ2v) is 9.11. The van der Waals surface area contributed by atoms with Gasteiger partial charge in [-0.05, 0) is 31.0 Å². The van der Waals surface area contributed by atoms with Crippen molar-refractivity contribution in [2.45, 2.75) is 31.7 Å². The predicted molar refractivity (Wildman–Crippen MR) is 99.1 cm³/mol. The van der Waals surface area contributed by atoms with E-state index in [1.165, 1.54) is 10.4 Å². The molecule has 1 atom stereocenters. The Morgan fingerprint density at radius 3 is 2.40 bits per heavy atom. The Bertz CT molecular complexity index is 701. The third-order valence-corrected chi connectivity index (χ3v) is 6.65. The smallest absolute Gasteiger partial charge is 0.243 e. The highest BCUT2D eigenvalue weighted by Crippen LogP contribution is 2.20. The van der Waals surface area contributed by atoms with Crippen LogP contribution in [-0.4, -0.2) is 62.3 Å². The SMILES string of the molecule is CC(C)[C@@H](C)NC(=O)CN1CCN(S(=O)(=O)c2cccc(Cl)c2)CC1. The first-order chi connectivity index (χ1) is 11.7. The average molecular weight is 388 g/mol. The number of piperazine rings is 1. The molecule has 0 spiro atoms. The van der Waals surface area contributed by atoms with Crippen molar-refractivity contribution < 1.29 is 13.2 Å². The minimum atomic E-state index is -3.55. The second kappa shape index (κ2) is 8.49. The van der Waals surface area contributed by atoms with E-state index in [0.717, 1.165) is 0 Å². The lowest BCUT2D eigenvalue weighted by atomic mass is 10.1. The van der Waals surface area contributed by atoms with Crippen LogP contribution in [0.5, 0.6) is 0 Å². The summed E-state index contributed by atoms with van der Waals surface area (Å²) in [4.78, 5) is 14.2. The van der Waals surface area contributed by atoms with Crippen LogP contribution in [0.3, 0.4) is 0 Å². The zero-order chi connectivity index (χ0) is 18.6. The Hall–Kier alpha value is -1.15. The van der Waals surface area contributed by atoms with Gasteiger partial charge in [-0.15, -0.1) is 0 Å². The van der Waals surface area contributed by atoms with E-state index in [0.29, 0.717) is 43.7 Å². The topological polar surface area (TPSA) is 69.7 Å². The lowest BCUT2D eigenvalue weighted by molar-refractivity contribution is -0.123. The molecule has 0 saturated carbocycles.